The van der Waals surface area contributed by atoms with Crippen molar-refractivity contribution in [3.63, 3.8) is 0 Å². The van der Waals surface area contributed by atoms with Gasteiger partial charge in [0.05, 0.1) is 22.9 Å². The highest BCUT2D eigenvalue weighted by Gasteiger charge is 2.29. The monoisotopic (exact) mass is 394 g/mol. The van der Waals surface area contributed by atoms with E-state index in [4.69, 9.17) is 4.74 Å². The van der Waals surface area contributed by atoms with E-state index in [0.717, 1.165) is 35.4 Å². The number of hydrogen-bond acceptors (Lipinski definition) is 7. The number of fused-ring (bicyclic) bond motifs is 2. The summed E-state index contributed by atoms with van der Waals surface area (Å²) >= 11 is 1.48. The second-order valence-electron chi connectivity index (χ2n) is 6.75. The third kappa shape index (κ3) is 3.02. The molecule has 1 amide bonds. The van der Waals surface area contributed by atoms with E-state index in [1.54, 1.807) is 15.6 Å². The number of aryl methyl sites for hydroxylation is 1. The number of carbonyl (C=O) groups is 1. The molecule has 1 saturated heterocycles. The van der Waals surface area contributed by atoms with Gasteiger partial charge in [-0.3, -0.25) is 9.69 Å². The highest BCUT2D eigenvalue weighted by Crippen LogP contribution is 2.30. The van der Waals surface area contributed by atoms with Crippen molar-refractivity contribution in [3.8, 4) is 0 Å². The summed E-state index contributed by atoms with van der Waals surface area (Å²) in [4.78, 5) is 28.2. The van der Waals surface area contributed by atoms with Crippen molar-refractivity contribution in [2.24, 2.45) is 0 Å². The Bertz CT molecular complexity index is 1130. The van der Waals surface area contributed by atoms with Gasteiger partial charge in [0.2, 0.25) is 5.82 Å². The van der Waals surface area contributed by atoms with Crippen LogP contribution in [0.3, 0.4) is 0 Å². The Morgan fingerprint density at radius 2 is 2.21 bits per heavy atom. The van der Waals surface area contributed by atoms with E-state index in [1.807, 2.05) is 37.3 Å². The van der Waals surface area contributed by atoms with Crippen LogP contribution in [-0.4, -0.2) is 49.7 Å². The molecule has 3 aromatic heterocycles. The summed E-state index contributed by atoms with van der Waals surface area (Å²) in [6, 6.07) is 9.68. The Kier molecular flexibility index (Phi) is 4.25. The maximum Gasteiger partial charge on any atom is 0.299 e. The minimum absolute atomic E-state index is 0.00662. The van der Waals surface area contributed by atoms with Gasteiger partial charge in [0.1, 0.15) is 0 Å². The Morgan fingerprint density at radius 1 is 1.32 bits per heavy atom. The van der Waals surface area contributed by atoms with E-state index in [-0.39, 0.29) is 17.8 Å². The molecular weight excluding hydrogens is 376 g/mol. The van der Waals surface area contributed by atoms with Crippen LogP contribution in [0.4, 0.5) is 5.13 Å². The molecule has 1 fully saturated rings. The molecule has 1 aliphatic rings. The number of carbonyl (C=O) groups excluding carboxylic acids is 1. The summed E-state index contributed by atoms with van der Waals surface area (Å²) < 4.78 is 8.38. The highest BCUT2D eigenvalue weighted by molar-refractivity contribution is 7.22. The molecule has 0 radical (unpaired) electrons. The first-order valence-corrected chi connectivity index (χ1v) is 9.98. The lowest BCUT2D eigenvalue weighted by molar-refractivity contribution is 0.0909. The van der Waals surface area contributed by atoms with Crippen LogP contribution in [0.15, 0.2) is 36.5 Å². The summed E-state index contributed by atoms with van der Waals surface area (Å²) in [5, 5.41) is 5.00. The fourth-order valence-corrected chi connectivity index (χ4v) is 4.31. The zero-order chi connectivity index (χ0) is 19.1. The third-order valence-electron chi connectivity index (χ3n) is 4.79. The number of para-hydroxylation sites is 1. The van der Waals surface area contributed by atoms with Crippen LogP contribution in [-0.2, 0) is 4.74 Å². The first-order chi connectivity index (χ1) is 13.7. The second-order valence-corrected chi connectivity index (χ2v) is 7.76. The number of benzene rings is 1. The average molecular weight is 394 g/mol. The van der Waals surface area contributed by atoms with Crippen molar-refractivity contribution in [1.82, 2.24) is 24.6 Å². The number of ether oxygens (including phenoxy) is 1. The Hall–Kier alpha value is -2.91. The summed E-state index contributed by atoms with van der Waals surface area (Å²) in [7, 11) is 0. The van der Waals surface area contributed by atoms with E-state index >= 15 is 0 Å². The lowest BCUT2D eigenvalue weighted by atomic mass is 10.2. The van der Waals surface area contributed by atoms with Crippen molar-refractivity contribution < 1.29 is 9.53 Å². The lowest BCUT2D eigenvalue weighted by Gasteiger charge is -2.21. The smallest absolute Gasteiger partial charge is 0.299 e. The van der Waals surface area contributed by atoms with E-state index in [1.165, 1.54) is 11.3 Å². The number of rotatable bonds is 4. The van der Waals surface area contributed by atoms with E-state index in [9.17, 15) is 4.79 Å². The molecule has 0 bridgehead atoms. The van der Waals surface area contributed by atoms with Gasteiger partial charge < -0.3 is 4.74 Å². The van der Waals surface area contributed by atoms with E-state index in [2.05, 4.69) is 20.1 Å². The number of amides is 1. The third-order valence-corrected chi connectivity index (χ3v) is 5.85. The minimum atomic E-state index is -0.292. The lowest BCUT2D eigenvalue weighted by Crippen LogP contribution is -2.38. The molecule has 1 aromatic carbocycles. The van der Waals surface area contributed by atoms with Crippen LogP contribution in [0, 0.1) is 6.92 Å². The van der Waals surface area contributed by atoms with Gasteiger partial charge in [-0.1, -0.05) is 23.5 Å². The molecular formula is C19H18N6O2S. The molecule has 0 aliphatic carbocycles. The Morgan fingerprint density at radius 3 is 3.00 bits per heavy atom. The molecule has 0 N–H and O–H groups in total. The maximum absolute atomic E-state index is 13.4. The number of anilines is 1. The van der Waals surface area contributed by atoms with Gasteiger partial charge in [-0.2, -0.15) is 4.98 Å². The zero-order valence-corrected chi connectivity index (χ0v) is 16.1. The van der Waals surface area contributed by atoms with Crippen molar-refractivity contribution in [3.05, 3.63) is 48.0 Å². The SMILES string of the molecule is Cc1ccnc2nc(C(=O)N(C[C@@H]3CCCO3)c3nc4ccccc4s3)nn12. The maximum atomic E-state index is 13.4. The van der Waals surface area contributed by atoms with Crippen molar-refractivity contribution in [1.29, 1.82) is 0 Å². The molecule has 1 atom stereocenters. The molecule has 9 heteroatoms. The zero-order valence-electron chi connectivity index (χ0n) is 15.3. The van der Waals surface area contributed by atoms with Crippen molar-refractivity contribution in [2.75, 3.05) is 18.1 Å². The van der Waals surface area contributed by atoms with Crippen LogP contribution < -0.4 is 4.90 Å². The number of aromatic nitrogens is 5. The number of thiazole rings is 1. The summed E-state index contributed by atoms with van der Waals surface area (Å²) in [5.41, 5.74) is 1.73. The van der Waals surface area contributed by atoms with Crippen LogP contribution in [0.25, 0.3) is 16.0 Å². The highest BCUT2D eigenvalue weighted by atomic mass is 32.1. The predicted molar refractivity (Wildman–Crippen MR) is 106 cm³/mol. The summed E-state index contributed by atoms with van der Waals surface area (Å²) in [6.45, 7) is 3.05. The van der Waals surface area contributed by atoms with Gasteiger partial charge in [-0.25, -0.2) is 14.5 Å². The topological polar surface area (TPSA) is 85.5 Å². The molecule has 4 heterocycles. The Balaban J connectivity index is 1.55. The van der Waals surface area contributed by atoms with Crippen molar-refractivity contribution >= 4 is 38.4 Å². The normalized spacial score (nSPS) is 16.8. The molecule has 28 heavy (non-hydrogen) atoms. The van der Waals surface area contributed by atoms with E-state index in [0.29, 0.717) is 17.5 Å². The van der Waals surface area contributed by atoms with Crippen LogP contribution in [0.5, 0.6) is 0 Å². The molecule has 0 saturated carbocycles. The van der Waals surface area contributed by atoms with E-state index < -0.39 is 0 Å². The van der Waals surface area contributed by atoms with Crippen LogP contribution in [0.2, 0.25) is 0 Å². The van der Waals surface area contributed by atoms with Gasteiger partial charge in [-0.05, 0) is 38.0 Å². The van der Waals surface area contributed by atoms with Gasteiger partial charge in [0.25, 0.3) is 11.7 Å². The molecule has 142 valence electrons. The molecule has 1 aliphatic heterocycles. The largest absolute Gasteiger partial charge is 0.376 e. The van der Waals surface area contributed by atoms with Gasteiger partial charge in [-0.15, -0.1) is 5.10 Å². The first kappa shape index (κ1) is 17.2. The molecule has 0 unspecified atom stereocenters. The van der Waals surface area contributed by atoms with Crippen molar-refractivity contribution in [2.45, 2.75) is 25.9 Å². The quantitative estimate of drug-likeness (QED) is 0.529. The van der Waals surface area contributed by atoms with Crippen LogP contribution in [0.1, 0.15) is 29.2 Å². The molecule has 4 aromatic rings. The number of nitrogens with zero attached hydrogens (tertiary/aromatic N) is 6. The fraction of sp³-hybridized carbons (Fsp3) is 0.316. The fourth-order valence-electron chi connectivity index (χ4n) is 3.33. The van der Waals surface area contributed by atoms with Crippen LogP contribution >= 0.6 is 11.3 Å². The van der Waals surface area contributed by atoms with Gasteiger partial charge in [0.15, 0.2) is 5.13 Å². The standard InChI is InChI=1S/C19H18N6O2S/c1-12-8-9-20-18-22-16(23-25(12)18)17(26)24(11-13-5-4-10-27-13)19-21-14-6-2-3-7-15(14)28-19/h2-3,6-9,13H,4-5,10-11H2,1H3/t13-/m0/s1. The van der Waals surface area contributed by atoms with Gasteiger partial charge in [0, 0.05) is 18.5 Å². The predicted octanol–water partition coefficient (Wildman–Crippen LogP) is 2.87. The van der Waals surface area contributed by atoms with Gasteiger partial charge >= 0.3 is 0 Å². The summed E-state index contributed by atoms with van der Waals surface area (Å²) in [6.07, 6.45) is 3.58. The molecule has 0 spiro atoms. The number of hydrogen-bond donors (Lipinski definition) is 0. The first-order valence-electron chi connectivity index (χ1n) is 9.16. The minimum Gasteiger partial charge on any atom is -0.376 e. The average Bonchev–Trinajstić information content (AvgIpc) is 3.44. The Labute approximate surface area is 164 Å². The summed E-state index contributed by atoms with van der Waals surface area (Å²) in [5.74, 6) is 0.225. The molecule has 8 nitrogen and oxygen atoms in total. The molecule has 5 rings (SSSR count). The second kappa shape index (κ2) is 6.92.